The first-order valence-electron chi connectivity index (χ1n) is 5.21. The molecule has 92 valence electrons. The lowest BCUT2D eigenvalue weighted by atomic mass is 10.2. The molecule has 0 bridgehead atoms. The molecule has 0 atom stereocenters. The summed E-state index contributed by atoms with van der Waals surface area (Å²) in [5.74, 6) is 0. The van der Waals surface area contributed by atoms with Crippen molar-refractivity contribution in [3.63, 3.8) is 0 Å². The second kappa shape index (κ2) is 11.6. The van der Waals surface area contributed by atoms with Gasteiger partial charge in [0.2, 0.25) is 0 Å². The first-order chi connectivity index (χ1) is 7.77. The van der Waals surface area contributed by atoms with Gasteiger partial charge in [0.25, 0.3) is 0 Å². The highest BCUT2D eigenvalue weighted by molar-refractivity contribution is 5.56. The average molecular weight is 230 g/mol. The van der Waals surface area contributed by atoms with E-state index in [1.165, 1.54) is 0 Å². The third kappa shape index (κ3) is 12.5. The summed E-state index contributed by atoms with van der Waals surface area (Å²) in [6, 6.07) is 3.67. The minimum absolute atomic E-state index is 0.208. The fourth-order valence-electron chi connectivity index (χ4n) is 0.954. The highest BCUT2D eigenvalue weighted by atomic mass is 16.7. The van der Waals surface area contributed by atoms with E-state index in [9.17, 15) is 4.79 Å². The van der Waals surface area contributed by atoms with E-state index < -0.39 is 6.16 Å². The summed E-state index contributed by atoms with van der Waals surface area (Å²) >= 11 is 0. The molecule has 0 aromatic carbocycles. The van der Waals surface area contributed by atoms with Gasteiger partial charge in [-0.3, -0.25) is 0 Å². The Balaban J connectivity index is 0.000000368. The molecule has 0 radical (unpaired) electrons. The predicted octanol–water partition coefficient (Wildman–Crippen LogP) is 2.51. The summed E-state index contributed by atoms with van der Waals surface area (Å²) in [5.41, 5.74) is 0. The number of carbonyl (C=O) groups is 1. The van der Waals surface area contributed by atoms with Crippen molar-refractivity contribution in [3.05, 3.63) is 24.7 Å². The number of ether oxygens (including phenoxy) is 1. The van der Waals surface area contributed by atoms with Crippen LogP contribution in [-0.4, -0.2) is 29.6 Å². The number of unbranched alkanes of at least 4 members (excludes halogenated alkanes) is 3. The highest BCUT2D eigenvalue weighted by Crippen LogP contribution is 1.98. The van der Waals surface area contributed by atoms with Gasteiger partial charge in [-0.15, -0.1) is 0 Å². The second-order valence-electron chi connectivity index (χ2n) is 3.05. The van der Waals surface area contributed by atoms with Crippen LogP contribution in [0, 0.1) is 0 Å². The molecule has 0 saturated carbocycles. The Labute approximate surface area is 94.6 Å². The van der Waals surface area contributed by atoms with E-state index in [4.69, 9.17) is 10.2 Å². The minimum atomic E-state index is -1.22. The van der Waals surface area contributed by atoms with Crippen molar-refractivity contribution in [2.75, 3.05) is 13.2 Å². The number of aliphatic hydroxyl groups excluding tert-OH is 1. The van der Waals surface area contributed by atoms with Crippen molar-refractivity contribution < 1.29 is 24.2 Å². The largest absolute Gasteiger partial charge is 0.505 e. The Morgan fingerprint density at radius 3 is 2.19 bits per heavy atom. The van der Waals surface area contributed by atoms with Crippen LogP contribution in [0.15, 0.2) is 29.1 Å². The van der Waals surface area contributed by atoms with Crippen LogP contribution in [0.1, 0.15) is 25.7 Å². The average Bonchev–Trinajstić information content (AvgIpc) is 2.81. The van der Waals surface area contributed by atoms with E-state index in [1.54, 1.807) is 12.5 Å². The molecular formula is C11H18O5. The zero-order valence-electron chi connectivity index (χ0n) is 9.17. The van der Waals surface area contributed by atoms with Crippen molar-refractivity contribution in [1.29, 1.82) is 0 Å². The molecule has 1 heterocycles. The number of rotatable bonds is 6. The molecule has 0 amide bonds. The summed E-state index contributed by atoms with van der Waals surface area (Å²) in [7, 11) is 0. The summed E-state index contributed by atoms with van der Waals surface area (Å²) in [4.78, 5) is 9.83. The van der Waals surface area contributed by atoms with Gasteiger partial charge in [0.15, 0.2) is 0 Å². The second-order valence-corrected chi connectivity index (χ2v) is 3.05. The molecule has 5 nitrogen and oxygen atoms in total. The van der Waals surface area contributed by atoms with Crippen molar-refractivity contribution >= 4 is 6.16 Å². The molecule has 0 fully saturated rings. The van der Waals surface area contributed by atoms with Crippen molar-refractivity contribution in [1.82, 2.24) is 0 Å². The Hall–Kier alpha value is -1.49. The smallest absolute Gasteiger partial charge is 0.473 e. The van der Waals surface area contributed by atoms with Gasteiger partial charge >= 0.3 is 6.16 Å². The molecule has 5 heteroatoms. The molecule has 16 heavy (non-hydrogen) atoms. The lowest BCUT2D eigenvalue weighted by Gasteiger charge is -1.99. The van der Waals surface area contributed by atoms with Crippen molar-refractivity contribution in [3.8, 4) is 0 Å². The quantitative estimate of drug-likeness (QED) is 0.579. The monoisotopic (exact) mass is 230 g/mol. The van der Waals surface area contributed by atoms with Crippen LogP contribution in [-0.2, 0) is 4.74 Å². The van der Waals surface area contributed by atoms with Gasteiger partial charge in [0, 0.05) is 6.61 Å². The van der Waals surface area contributed by atoms with Crippen LogP contribution in [0.3, 0.4) is 0 Å². The molecule has 0 spiro atoms. The maximum atomic E-state index is 9.83. The zero-order valence-corrected chi connectivity index (χ0v) is 9.17. The summed E-state index contributed by atoms with van der Waals surface area (Å²) in [6.07, 6.45) is 5.40. The van der Waals surface area contributed by atoms with Gasteiger partial charge in [-0.1, -0.05) is 6.42 Å². The number of aliphatic hydroxyl groups is 1. The maximum absolute atomic E-state index is 9.83. The predicted molar refractivity (Wildman–Crippen MR) is 58.2 cm³/mol. The normalized spacial score (nSPS) is 9.06. The molecule has 0 aliphatic rings. The van der Waals surface area contributed by atoms with E-state index >= 15 is 0 Å². The van der Waals surface area contributed by atoms with Gasteiger partial charge in [-0.25, -0.2) is 4.79 Å². The molecule has 0 saturated heterocycles. The van der Waals surface area contributed by atoms with Crippen LogP contribution < -0.4 is 0 Å². The summed E-state index contributed by atoms with van der Waals surface area (Å²) < 4.78 is 8.86. The van der Waals surface area contributed by atoms with Crippen LogP contribution in [0.4, 0.5) is 4.79 Å². The van der Waals surface area contributed by atoms with Gasteiger partial charge in [-0.05, 0) is 31.4 Å². The molecule has 0 aliphatic carbocycles. The lowest BCUT2D eigenvalue weighted by Crippen LogP contribution is -2.01. The Morgan fingerprint density at radius 2 is 1.75 bits per heavy atom. The Bertz CT molecular complexity index is 215. The van der Waals surface area contributed by atoms with E-state index in [1.807, 2.05) is 12.1 Å². The van der Waals surface area contributed by atoms with Crippen LogP contribution in [0.2, 0.25) is 0 Å². The van der Waals surface area contributed by atoms with Gasteiger partial charge in [0.1, 0.15) is 0 Å². The van der Waals surface area contributed by atoms with Crippen molar-refractivity contribution in [2.45, 2.75) is 25.7 Å². The van der Waals surface area contributed by atoms with Crippen LogP contribution in [0.5, 0.6) is 0 Å². The SMILES string of the molecule is O=C(O)OCCCCCCO.c1ccoc1. The fraction of sp³-hybridized carbons (Fsp3) is 0.545. The third-order valence-corrected chi connectivity index (χ3v) is 1.70. The van der Waals surface area contributed by atoms with Crippen molar-refractivity contribution in [2.24, 2.45) is 0 Å². The highest BCUT2D eigenvalue weighted by Gasteiger charge is 1.94. The molecule has 1 aromatic rings. The number of hydrogen-bond acceptors (Lipinski definition) is 4. The van der Waals surface area contributed by atoms with E-state index in [0.717, 1.165) is 25.7 Å². The molecule has 2 N–H and O–H groups in total. The number of hydrogen-bond donors (Lipinski definition) is 2. The Kier molecular flexibility index (Phi) is 10.5. The Morgan fingerprint density at radius 1 is 1.12 bits per heavy atom. The minimum Gasteiger partial charge on any atom is -0.473 e. The maximum Gasteiger partial charge on any atom is 0.505 e. The van der Waals surface area contributed by atoms with Gasteiger partial charge < -0.3 is 19.4 Å². The molecule has 1 aromatic heterocycles. The first kappa shape index (κ1) is 14.5. The molecule has 1 rings (SSSR count). The number of furan rings is 1. The fourth-order valence-corrected chi connectivity index (χ4v) is 0.954. The molecule has 0 unspecified atom stereocenters. The van der Waals surface area contributed by atoms with Crippen LogP contribution >= 0.6 is 0 Å². The summed E-state index contributed by atoms with van der Waals surface area (Å²) in [5, 5.41) is 16.4. The molecular weight excluding hydrogens is 212 g/mol. The van der Waals surface area contributed by atoms with Crippen LogP contribution in [0.25, 0.3) is 0 Å². The van der Waals surface area contributed by atoms with E-state index in [2.05, 4.69) is 9.15 Å². The number of carboxylic acid groups (broad SMARTS) is 1. The summed E-state index contributed by atoms with van der Waals surface area (Å²) in [6.45, 7) is 0.473. The van der Waals surface area contributed by atoms with Gasteiger partial charge in [-0.2, -0.15) is 0 Å². The molecule has 0 aliphatic heterocycles. The standard InChI is InChI=1S/C7H14O4.C4H4O/c8-5-3-1-2-4-6-11-7(9)10;1-2-4-5-3-1/h8H,1-6H2,(H,9,10);1-4H. The lowest BCUT2D eigenvalue weighted by molar-refractivity contribution is 0.0898. The van der Waals surface area contributed by atoms with E-state index in [0.29, 0.717) is 0 Å². The van der Waals surface area contributed by atoms with Gasteiger partial charge in [0.05, 0.1) is 19.1 Å². The van der Waals surface area contributed by atoms with E-state index in [-0.39, 0.29) is 13.2 Å². The topological polar surface area (TPSA) is 79.9 Å². The zero-order chi connectivity index (χ0) is 12.1. The first-order valence-corrected chi connectivity index (χ1v) is 5.21. The third-order valence-electron chi connectivity index (χ3n) is 1.70.